The molecular formula is C24H41N8O3Y-. The molecule has 2 heterocycles. The zero-order valence-corrected chi connectivity index (χ0v) is 24.3. The molecule has 2 aliphatic rings. The minimum Gasteiger partial charge on any atom is -0.659 e. The SMILES string of the molecule is CC(C)(N)C(=O)N1CC[N-]CC1.NC(=O)N(/C=C\CNO)c1ccc(CN2CCC(N)CC2)cc1.[Y]. The number of piperazine rings is 1. The van der Waals surface area contributed by atoms with Gasteiger partial charge in [0.15, 0.2) is 0 Å². The number of hydrogen-bond acceptors (Lipinski definition) is 7. The topological polar surface area (TPSA) is 168 Å². The van der Waals surface area contributed by atoms with Crippen molar-refractivity contribution in [3.8, 4) is 0 Å². The fraction of sp³-hybridized carbons (Fsp3) is 0.583. The number of likely N-dealkylation sites (tertiary alicyclic amines) is 1. The van der Waals surface area contributed by atoms with Gasteiger partial charge in [-0.05, 0) is 57.5 Å². The van der Waals surface area contributed by atoms with Gasteiger partial charge in [0.25, 0.3) is 0 Å². The average molecular weight is 579 g/mol. The summed E-state index contributed by atoms with van der Waals surface area (Å²) in [6, 6.07) is 7.49. The van der Waals surface area contributed by atoms with Crippen molar-refractivity contribution in [2.24, 2.45) is 17.2 Å². The smallest absolute Gasteiger partial charge is 0.323 e. The van der Waals surface area contributed by atoms with Gasteiger partial charge in [0.05, 0.1) is 11.2 Å². The van der Waals surface area contributed by atoms with Crippen molar-refractivity contribution < 1.29 is 47.5 Å². The van der Waals surface area contributed by atoms with E-state index in [-0.39, 0.29) is 45.2 Å². The molecule has 199 valence electrons. The molecular weight excluding hydrogens is 537 g/mol. The third kappa shape index (κ3) is 11.3. The number of carbonyl (C=O) groups excluding carboxylic acids is 2. The number of hydrogen-bond donors (Lipinski definition) is 5. The first-order chi connectivity index (χ1) is 16.6. The number of urea groups is 1. The summed E-state index contributed by atoms with van der Waals surface area (Å²) in [4.78, 5) is 28.6. The predicted molar refractivity (Wildman–Crippen MR) is 138 cm³/mol. The minimum atomic E-state index is -0.739. The number of nitrogens with two attached hydrogens (primary N) is 3. The summed E-state index contributed by atoms with van der Waals surface area (Å²) >= 11 is 0. The Hall–Kier alpha value is -1.44. The number of rotatable bonds is 7. The molecule has 2 aliphatic heterocycles. The van der Waals surface area contributed by atoms with Crippen LogP contribution in [0.15, 0.2) is 36.5 Å². The molecule has 36 heavy (non-hydrogen) atoms. The molecule has 1 aromatic rings. The maximum atomic E-state index is 11.6. The van der Waals surface area contributed by atoms with Gasteiger partial charge < -0.3 is 32.6 Å². The summed E-state index contributed by atoms with van der Waals surface area (Å²) < 4.78 is 0. The number of amides is 3. The van der Waals surface area contributed by atoms with Crippen molar-refractivity contribution in [3.05, 3.63) is 47.4 Å². The van der Waals surface area contributed by atoms with Crippen LogP contribution in [0.5, 0.6) is 0 Å². The van der Waals surface area contributed by atoms with Crippen molar-refractivity contribution in [1.82, 2.24) is 15.3 Å². The number of anilines is 1. The fourth-order valence-electron chi connectivity index (χ4n) is 3.85. The number of nitrogens with one attached hydrogen (secondary N) is 1. The van der Waals surface area contributed by atoms with E-state index >= 15 is 0 Å². The van der Waals surface area contributed by atoms with Gasteiger partial charge in [-0.3, -0.25) is 14.6 Å². The molecule has 0 saturated carbocycles. The number of primary amides is 1. The molecule has 0 spiro atoms. The molecule has 12 heteroatoms. The Morgan fingerprint density at radius 2 is 1.75 bits per heavy atom. The molecule has 3 amide bonds. The average Bonchev–Trinajstić information content (AvgIpc) is 2.84. The van der Waals surface area contributed by atoms with E-state index < -0.39 is 11.6 Å². The van der Waals surface area contributed by atoms with E-state index in [1.807, 2.05) is 29.7 Å². The Morgan fingerprint density at radius 1 is 1.17 bits per heavy atom. The molecule has 1 radical (unpaired) electrons. The first kappa shape index (κ1) is 32.6. The number of carbonyl (C=O) groups is 2. The van der Waals surface area contributed by atoms with Crippen LogP contribution in [0.2, 0.25) is 0 Å². The van der Waals surface area contributed by atoms with Crippen molar-refractivity contribution in [1.29, 1.82) is 0 Å². The van der Waals surface area contributed by atoms with Gasteiger partial charge in [-0.25, -0.2) is 10.3 Å². The zero-order valence-electron chi connectivity index (χ0n) is 21.5. The molecule has 3 rings (SSSR count). The second-order valence-corrected chi connectivity index (χ2v) is 9.42. The van der Waals surface area contributed by atoms with E-state index in [1.54, 1.807) is 24.8 Å². The molecule has 0 bridgehead atoms. The van der Waals surface area contributed by atoms with Crippen molar-refractivity contribution in [2.75, 3.05) is 50.7 Å². The van der Waals surface area contributed by atoms with Gasteiger partial charge in [0, 0.05) is 71.1 Å². The number of hydroxylamine groups is 1. The van der Waals surface area contributed by atoms with Crippen LogP contribution in [0, 0.1) is 0 Å². The maximum absolute atomic E-state index is 11.6. The quantitative estimate of drug-likeness (QED) is 0.300. The molecule has 11 nitrogen and oxygen atoms in total. The van der Waals surface area contributed by atoms with Crippen molar-refractivity contribution in [3.63, 3.8) is 0 Å². The van der Waals surface area contributed by atoms with E-state index in [2.05, 4.69) is 10.2 Å². The van der Waals surface area contributed by atoms with Crippen LogP contribution in [-0.2, 0) is 44.0 Å². The summed E-state index contributed by atoms with van der Waals surface area (Å²) in [6.07, 6.45) is 5.22. The van der Waals surface area contributed by atoms with Gasteiger partial charge in [-0.2, -0.15) is 0 Å². The Labute approximate surface area is 239 Å². The number of benzene rings is 1. The van der Waals surface area contributed by atoms with Gasteiger partial charge in [0.1, 0.15) is 0 Å². The van der Waals surface area contributed by atoms with Crippen LogP contribution in [0.3, 0.4) is 0 Å². The standard InChI is InChI=1S/C16H25N5O2.C8H16N3O.Y/c17-14-6-10-20(11-7-14)12-13-2-4-15(5-3-13)21(16(18)22)9-1-8-19-23;1-8(2,9)7(12)11-5-3-10-4-6-11;/h1-5,9,14,19,23H,6-8,10-12,17H2,(H2,18,22);3-6,9H2,1-2H3;/q;-1;/b9-1-;;. The molecule has 1 aromatic carbocycles. The van der Waals surface area contributed by atoms with Crippen LogP contribution >= 0.6 is 0 Å². The zero-order chi connectivity index (χ0) is 25.8. The molecule has 8 N–H and O–H groups in total. The Balaban J connectivity index is 0.000000422. The van der Waals surface area contributed by atoms with Crippen LogP contribution in [-0.4, -0.2) is 84.3 Å². The first-order valence-corrected chi connectivity index (χ1v) is 12.0. The minimum absolute atomic E-state index is 0. The van der Waals surface area contributed by atoms with Crippen LogP contribution in [0.1, 0.15) is 32.3 Å². The van der Waals surface area contributed by atoms with E-state index in [9.17, 15) is 9.59 Å². The van der Waals surface area contributed by atoms with E-state index in [0.717, 1.165) is 58.7 Å². The third-order valence-electron chi connectivity index (χ3n) is 5.85. The Morgan fingerprint density at radius 3 is 2.25 bits per heavy atom. The second-order valence-electron chi connectivity index (χ2n) is 9.42. The Bertz CT molecular complexity index is 818. The van der Waals surface area contributed by atoms with E-state index in [0.29, 0.717) is 11.7 Å². The summed E-state index contributed by atoms with van der Waals surface area (Å²) in [5.41, 5.74) is 20.1. The summed E-state index contributed by atoms with van der Waals surface area (Å²) in [5.74, 6) is 0.0254. The summed E-state index contributed by atoms with van der Waals surface area (Å²) in [6.45, 7) is 9.58. The fourth-order valence-corrected chi connectivity index (χ4v) is 3.85. The van der Waals surface area contributed by atoms with Crippen molar-refractivity contribution in [2.45, 2.75) is 44.8 Å². The molecule has 0 aliphatic carbocycles. The molecule has 2 saturated heterocycles. The molecule has 0 aromatic heterocycles. The van der Waals surface area contributed by atoms with Gasteiger partial charge in [-0.15, -0.1) is 13.1 Å². The van der Waals surface area contributed by atoms with Crippen LogP contribution < -0.4 is 27.6 Å². The van der Waals surface area contributed by atoms with Gasteiger partial charge in [0.2, 0.25) is 5.91 Å². The molecule has 2 fully saturated rings. The number of piperidine rings is 1. The first-order valence-electron chi connectivity index (χ1n) is 12.0. The largest absolute Gasteiger partial charge is 0.659 e. The van der Waals surface area contributed by atoms with Crippen LogP contribution in [0.4, 0.5) is 10.5 Å². The van der Waals surface area contributed by atoms with E-state index in [1.165, 1.54) is 16.7 Å². The summed E-state index contributed by atoms with van der Waals surface area (Å²) in [7, 11) is 0. The number of nitrogens with zero attached hydrogens (tertiary/aromatic N) is 4. The maximum Gasteiger partial charge on any atom is 0.323 e. The van der Waals surface area contributed by atoms with E-state index in [4.69, 9.17) is 22.4 Å². The normalized spacial score (nSPS) is 17.2. The summed E-state index contributed by atoms with van der Waals surface area (Å²) in [5, 5.41) is 12.7. The predicted octanol–water partition coefficient (Wildman–Crippen LogP) is 0.924. The Kier molecular flexibility index (Phi) is 14.9. The third-order valence-corrected chi connectivity index (χ3v) is 5.85. The van der Waals surface area contributed by atoms with Crippen LogP contribution in [0.25, 0.3) is 5.32 Å². The van der Waals surface area contributed by atoms with Gasteiger partial charge >= 0.3 is 6.03 Å². The van der Waals surface area contributed by atoms with Gasteiger partial charge in [-0.1, -0.05) is 18.2 Å². The molecule has 0 unspecified atom stereocenters. The monoisotopic (exact) mass is 578 g/mol. The second kappa shape index (κ2) is 16.4. The molecule has 0 atom stereocenters. The van der Waals surface area contributed by atoms with Crippen molar-refractivity contribution >= 4 is 17.6 Å².